The number of anilines is 1. The van der Waals surface area contributed by atoms with Crippen LogP contribution in [0.15, 0.2) is 60.8 Å². The van der Waals surface area contributed by atoms with Gasteiger partial charge in [0.1, 0.15) is 30.3 Å². The molecule has 4 rings (SSSR count). The first-order chi connectivity index (χ1) is 19.7. The van der Waals surface area contributed by atoms with E-state index in [1.807, 2.05) is 0 Å². The van der Waals surface area contributed by atoms with E-state index in [-0.39, 0.29) is 0 Å². The first kappa shape index (κ1) is 31.8. The first-order valence-corrected chi connectivity index (χ1v) is 15.7. The molecule has 4 unspecified atom stereocenters. The van der Waals surface area contributed by atoms with Crippen LogP contribution in [0, 0.1) is 12.7 Å². The molecule has 2 aromatic carbocycles. The summed E-state index contributed by atoms with van der Waals surface area (Å²) in [6.45, 7) is 0.839. The van der Waals surface area contributed by atoms with Crippen molar-refractivity contribution >= 4 is 33.2 Å². The van der Waals surface area contributed by atoms with E-state index in [1.54, 1.807) is 31.2 Å². The summed E-state index contributed by atoms with van der Waals surface area (Å²) in [5.41, 5.74) is 1.39. The zero-order valence-electron chi connectivity index (χ0n) is 21.9. The first-order valence-electron chi connectivity index (χ1n) is 12.4. The smallest absolute Gasteiger partial charge is 0.387 e. The lowest BCUT2D eigenvalue weighted by molar-refractivity contribution is -0.0654. The molecule has 7 N–H and O–H groups in total. The topological polar surface area (TPSA) is 216 Å². The highest BCUT2D eigenvalue weighted by Gasteiger charge is 2.48. The number of aliphatic hydroxyl groups is 2. The van der Waals surface area contributed by atoms with Gasteiger partial charge in [0.15, 0.2) is 6.23 Å². The van der Waals surface area contributed by atoms with Crippen LogP contribution >= 0.6 is 15.4 Å². The number of ether oxygens (including phenoxy) is 1. The number of aliphatic hydroxyl groups excluding tert-OH is 2. The molecule has 4 amide bonds. The standard InChI is InChI=1S/C24H29FN4O11P2/c1-14-4-2-3-5-15(14)13-41(34,35)40-42(36,37)38-12-18-20(30)21(31)22(39-18)29-11-10-19(28-24(29)33)27-23(32)26-17-8-6-16(25)7-9-17/h2-11,18-22,30-31H,12-13H2,1H3,(H,28,33)(H,34,35)(H,36,37)(H2,26,27,32)/t18-,19?,20?,21+,22-/m1/s1. The fourth-order valence-corrected chi connectivity index (χ4v) is 6.94. The fraction of sp³-hybridized carbons (Fsp3) is 0.333. The molecule has 42 heavy (non-hydrogen) atoms. The Morgan fingerprint density at radius 2 is 1.81 bits per heavy atom. The Morgan fingerprint density at radius 3 is 2.48 bits per heavy atom. The minimum atomic E-state index is -5.14. The minimum Gasteiger partial charge on any atom is -0.387 e. The maximum absolute atomic E-state index is 13.0. The second-order valence-corrected chi connectivity index (χ2v) is 12.8. The van der Waals surface area contributed by atoms with E-state index in [0.717, 1.165) is 17.0 Å². The molecular formula is C24H29FN4O11P2. The van der Waals surface area contributed by atoms with Crippen molar-refractivity contribution < 1.29 is 56.7 Å². The number of hydrogen-bond acceptors (Lipinski definition) is 9. The quantitative estimate of drug-likeness (QED) is 0.189. The number of phosphoric ester groups is 1. The number of urea groups is 2. The number of nitrogens with one attached hydrogen (secondary N) is 3. The Bertz CT molecular complexity index is 1430. The molecule has 0 bridgehead atoms. The lowest BCUT2D eigenvalue weighted by atomic mass is 10.1. The molecule has 2 aromatic rings. The van der Waals surface area contributed by atoms with Crippen molar-refractivity contribution in [3.63, 3.8) is 0 Å². The number of aryl methyl sites for hydroxylation is 1. The molecule has 228 valence electrons. The molecule has 2 aliphatic rings. The highest BCUT2D eigenvalue weighted by Crippen LogP contribution is 2.61. The van der Waals surface area contributed by atoms with Crippen molar-refractivity contribution in [3.8, 4) is 0 Å². The summed E-state index contributed by atoms with van der Waals surface area (Å²) < 4.78 is 52.6. The number of phosphoric acid groups is 1. The van der Waals surface area contributed by atoms with Crippen LogP contribution < -0.4 is 16.0 Å². The van der Waals surface area contributed by atoms with Crippen LogP contribution in [-0.4, -0.2) is 74.3 Å². The number of halogens is 1. The van der Waals surface area contributed by atoms with E-state index in [4.69, 9.17) is 9.26 Å². The third-order valence-electron chi connectivity index (χ3n) is 6.22. The Hall–Kier alpha value is -3.17. The highest BCUT2D eigenvalue weighted by atomic mass is 31.3. The fourth-order valence-electron chi connectivity index (χ4n) is 4.11. The third-order valence-corrected chi connectivity index (χ3v) is 9.28. The zero-order valence-corrected chi connectivity index (χ0v) is 23.7. The third kappa shape index (κ3) is 8.22. The molecule has 2 aliphatic heterocycles. The number of benzene rings is 2. The van der Waals surface area contributed by atoms with Gasteiger partial charge in [-0.3, -0.25) is 14.0 Å². The highest BCUT2D eigenvalue weighted by molar-refractivity contribution is 7.63. The lowest BCUT2D eigenvalue weighted by Crippen LogP contribution is -2.57. The Labute approximate surface area is 239 Å². The number of nitrogens with zero attached hydrogens (tertiary/aromatic N) is 1. The van der Waals surface area contributed by atoms with E-state index in [2.05, 4.69) is 20.3 Å². The molecule has 0 aliphatic carbocycles. The van der Waals surface area contributed by atoms with Gasteiger partial charge < -0.3 is 40.7 Å². The summed E-state index contributed by atoms with van der Waals surface area (Å²) in [4.78, 5) is 45.8. The summed E-state index contributed by atoms with van der Waals surface area (Å²) in [5.74, 6) is -0.484. The van der Waals surface area contributed by atoms with Crippen molar-refractivity contribution in [2.24, 2.45) is 0 Å². The molecule has 0 spiro atoms. The molecule has 7 atom stereocenters. The Morgan fingerprint density at radius 1 is 1.12 bits per heavy atom. The number of hydrogen-bond donors (Lipinski definition) is 7. The zero-order chi connectivity index (χ0) is 30.7. The van der Waals surface area contributed by atoms with Gasteiger partial charge in [-0.25, -0.2) is 22.9 Å². The van der Waals surface area contributed by atoms with Gasteiger partial charge in [0.2, 0.25) is 0 Å². The Balaban J connectivity index is 1.30. The van der Waals surface area contributed by atoms with Crippen LogP contribution in [0.4, 0.5) is 19.7 Å². The molecule has 1 fully saturated rings. The Kier molecular flexibility index (Phi) is 9.83. The summed E-state index contributed by atoms with van der Waals surface area (Å²) in [7, 11) is -9.78. The normalized spacial score (nSPS) is 26.7. The van der Waals surface area contributed by atoms with Gasteiger partial charge in [0.05, 0.1) is 12.8 Å². The monoisotopic (exact) mass is 630 g/mol. The molecule has 1 saturated heterocycles. The van der Waals surface area contributed by atoms with Crippen LogP contribution in [0.2, 0.25) is 0 Å². The van der Waals surface area contributed by atoms with Crippen LogP contribution in [0.1, 0.15) is 11.1 Å². The van der Waals surface area contributed by atoms with Crippen LogP contribution in [0.5, 0.6) is 0 Å². The van der Waals surface area contributed by atoms with Crippen molar-refractivity contribution in [1.29, 1.82) is 0 Å². The molecule has 15 nitrogen and oxygen atoms in total. The van der Waals surface area contributed by atoms with Gasteiger partial charge in [0, 0.05) is 11.9 Å². The second kappa shape index (κ2) is 13.0. The predicted molar refractivity (Wildman–Crippen MR) is 144 cm³/mol. The number of rotatable bonds is 10. The SMILES string of the molecule is Cc1ccccc1CP(=O)(O)OP(=O)(O)OC[C@H]1O[C@@H](N2C=CC(NC(=O)Nc3ccc(F)cc3)NC2=O)[C@@H](O)C1O. The van der Waals surface area contributed by atoms with E-state index >= 15 is 0 Å². The van der Waals surface area contributed by atoms with Crippen LogP contribution in [0.25, 0.3) is 0 Å². The van der Waals surface area contributed by atoms with Crippen LogP contribution in [-0.2, 0) is 28.9 Å². The number of carbonyl (C=O) groups excluding carboxylic acids is 2. The van der Waals surface area contributed by atoms with Gasteiger partial charge in [-0.2, -0.15) is 0 Å². The average Bonchev–Trinajstić information content (AvgIpc) is 3.18. The summed E-state index contributed by atoms with van der Waals surface area (Å²) >= 11 is 0. The number of amides is 4. The van der Waals surface area contributed by atoms with Crippen molar-refractivity contribution in [3.05, 3.63) is 77.8 Å². The summed E-state index contributed by atoms with van der Waals surface area (Å²) in [6, 6.07) is 10.0. The maximum Gasteiger partial charge on any atom is 0.479 e. The second-order valence-electron chi connectivity index (χ2n) is 9.40. The van der Waals surface area contributed by atoms with Gasteiger partial charge in [-0.05, 0) is 48.4 Å². The molecule has 2 heterocycles. The van der Waals surface area contributed by atoms with Gasteiger partial charge in [0.25, 0.3) is 0 Å². The lowest BCUT2D eigenvalue weighted by Gasteiger charge is -2.32. The summed E-state index contributed by atoms with van der Waals surface area (Å²) in [6.07, 6.45) is -5.32. The number of carbonyl (C=O) groups is 2. The minimum absolute atomic E-state index is 0.303. The molecule has 18 heteroatoms. The molecule has 0 aromatic heterocycles. The van der Waals surface area contributed by atoms with E-state index in [1.165, 1.54) is 24.4 Å². The van der Waals surface area contributed by atoms with Crippen LogP contribution in [0.3, 0.4) is 0 Å². The molecular weight excluding hydrogens is 601 g/mol. The van der Waals surface area contributed by atoms with Crippen molar-refractivity contribution in [2.75, 3.05) is 11.9 Å². The van der Waals surface area contributed by atoms with Gasteiger partial charge >= 0.3 is 27.5 Å². The molecule has 0 saturated carbocycles. The van der Waals surface area contributed by atoms with E-state index in [0.29, 0.717) is 16.8 Å². The largest absolute Gasteiger partial charge is 0.479 e. The van der Waals surface area contributed by atoms with Crippen molar-refractivity contribution in [1.82, 2.24) is 15.5 Å². The van der Waals surface area contributed by atoms with E-state index < -0.39 is 76.8 Å². The van der Waals surface area contributed by atoms with E-state index in [9.17, 15) is 43.1 Å². The maximum atomic E-state index is 13.0. The van der Waals surface area contributed by atoms with Gasteiger partial charge in [-0.15, -0.1) is 0 Å². The van der Waals surface area contributed by atoms with Crippen molar-refractivity contribution in [2.45, 2.75) is 43.8 Å². The molecule has 0 radical (unpaired) electrons. The summed E-state index contributed by atoms with van der Waals surface area (Å²) in [5, 5.41) is 28.2. The average molecular weight is 630 g/mol. The van der Waals surface area contributed by atoms with Gasteiger partial charge in [-0.1, -0.05) is 24.3 Å². The predicted octanol–water partition coefficient (Wildman–Crippen LogP) is 2.09.